The van der Waals surface area contributed by atoms with Crippen LogP contribution in [-0.4, -0.2) is 16.0 Å². The average molecular weight is 305 g/mol. The highest BCUT2D eigenvalue weighted by Crippen LogP contribution is 2.27. The van der Waals surface area contributed by atoms with Crippen LogP contribution in [0.2, 0.25) is 5.02 Å². The number of halogens is 1. The van der Waals surface area contributed by atoms with Crippen LogP contribution in [0.5, 0.6) is 0 Å². The Labute approximate surface area is 125 Å². The summed E-state index contributed by atoms with van der Waals surface area (Å²) in [5, 5.41) is 5.20. The van der Waals surface area contributed by atoms with E-state index in [1.165, 1.54) is 6.07 Å². The lowest BCUT2D eigenvalue weighted by Crippen LogP contribution is -2.13. The maximum Gasteiger partial charge on any atom is 0.270 e. The molecule has 1 aromatic carbocycles. The number of aromatic amines is 1. The average Bonchev–Trinajstić information content (AvgIpc) is 3.04. The summed E-state index contributed by atoms with van der Waals surface area (Å²) >= 11 is 6.02. The van der Waals surface area contributed by atoms with Crippen LogP contribution < -0.4 is 11.5 Å². The number of nitrogens with zero attached hydrogens (tertiary/aromatic N) is 1. The zero-order valence-corrected chi connectivity index (χ0v) is 11.7. The van der Waals surface area contributed by atoms with Crippen molar-refractivity contribution in [2.45, 2.75) is 12.5 Å². The van der Waals surface area contributed by atoms with Crippen molar-refractivity contribution in [3.8, 4) is 0 Å². The summed E-state index contributed by atoms with van der Waals surface area (Å²) in [6.07, 6.45) is 2.25. The van der Waals surface area contributed by atoms with Gasteiger partial charge in [-0.3, -0.25) is 4.79 Å². The largest absolute Gasteiger partial charge is 0.364 e. The highest BCUT2D eigenvalue weighted by atomic mass is 35.5. The van der Waals surface area contributed by atoms with Gasteiger partial charge in [0.15, 0.2) is 5.69 Å². The Morgan fingerprint density at radius 2 is 2.24 bits per heavy atom. The van der Waals surface area contributed by atoms with E-state index in [1.807, 2.05) is 24.4 Å². The molecule has 0 fully saturated rings. The summed E-state index contributed by atoms with van der Waals surface area (Å²) in [4.78, 5) is 14.1. The van der Waals surface area contributed by atoms with Gasteiger partial charge in [-0.05, 0) is 23.8 Å². The van der Waals surface area contributed by atoms with Gasteiger partial charge in [0.25, 0.3) is 5.91 Å². The number of carbonyl (C=O) groups is 1. The molecule has 1 atom stereocenters. The molecular weight excluding hydrogens is 292 g/mol. The fourth-order valence-corrected chi connectivity index (χ4v) is 2.45. The minimum Gasteiger partial charge on any atom is -0.364 e. The van der Waals surface area contributed by atoms with Gasteiger partial charge in [0.05, 0.1) is 0 Å². The van der Waals surface area contributed by atoms with Crippen molar-refractivity contribution in [1.29, 1.82) is 0 Å². The first-order valence-electron chi connectivity index (χ1n) is 6.32. The molecule has 0 aliphatic heterocycles. The SMILES string of the molecule is NC(=O)c1cc(CC(N)c2c[nH]c3ccc(Cl)cc23)on1. The van der Waals surface area contributed by atoms with Crippen molar-refractivity contribution in [1.82, 2.24) is 10.1 Å². The van der Waals surface area contributed by atoms with Crippen molar-refractivity contribution in [2.24, 2.45) is 11.5 Å². The third-order valence-electron chi connectivity index (χ3n) is 3.31. The normalized spacial score (nSPS) is 12.7. The molecule has 0 saturated heterocycles. The molecule has 2 aromatic heterocycles. The van der Waals surface area contributed by atoms with E-state index in [4.69, 9.17) is 27.6 Å². The van der Waals surface area contributed by atoms with Gasteiger partial charge in [-0.15, -0.1) is 0 Å². The lowest BCUT2D eigenvalue weighted by molar-refractivity contribution is 0.0991. The lowest BCUT2D eigenvalue weighted by Gasteiger charge is -2.08. The molecule has 0 aliphatic rings. The number of hydrogen-bond acceptors (Lipinski definition) is 4. The Balaban J connectivity index is 1.87. The van der Waals surface area contributed by atoms with E-state index in [0.717, 1.165) is 16.5 Å². The van der Waals surface area contributed by atoms with Gasteiger partial charge in [-0.2, -0.15) is 0 Å². The van der Waals surface area contributed by atoms with Gasteiger partial charge in [0.2, 0.25) is 0 Å². The summed E-state index contributed by atoms with van der Waals surface area (Å²) in [7, 11) is 0. The van der Waals surface area contributed by atoms with Crippen molar-refractivity contribution in [3.63, 3.8) is 0 Å². The molecule has 1 unspecified atom stereocenters. The first kappa shape index (κ1) is 13.7. The molecule has 0 aliphatic carbocycles. The van der Waals surface area contributed by atoms with Crippen LogP contribution in [0.1, 0.15) is 27.9 Å². The van der Waals surface area contributed by atoms with Crippen LogP contribution in [0.15, 0.2) is 35.0 Å². The molecular formula is C14H13ClN4O2. The predicted molar refractivity (Wildman–Crippen MR) is 79.0 cm³/mol. The first-order chi connectivity index (χ1) is 10.0. The zero-order chi connectivity index (χ0) is 15.0. The van der Waals surface area contributed by atoms with Gasteiger partial charge in [-0.25, -0.2) is 0 Å². The molecule has 7 heteroatoms. The minimum absolute atomic E-state index is 0.0965. The standard InChI is InChI=1S/C14H13ClN4O2/c15-7-1-2-12-9(3-7)10(6-18-12)11(16)4-8-5-13(14(17)20)19-21-8/h1-3,5-6,11,18H,4,16H2,(H2,17,20). The number of primary amides is 1. The fourth-order valence-electron chi connectivity index (χ4n) is 2.27. The number of carbonyl (C=O) groups excluding carboxylic acids is 1. The Bertz CT molecular complexity index is 808. The second-order valence-electron chi connectivity index (χ2n) is 4.79. The predicted octanol–water partition coefficient (Wildman–Crippen LogP) is 2.15. The molecule has 3 rings (SSSR count). The number of nitrogens with one attached hydrogen (secondary N) is 1. The van der Waals surface area contributed by atoms with E-state index in [-0.39, 0.29) is 11.7 Å². The molecule has 1 amide bonds. The first-order valence-corrected chi connectivity index (χ1v) is 6.70. The molecule has 0 saturated carbocycles. The van der Waals surface area contributed by atoms with Gasteiger partial charge in [-0.1, -0.05) is 16.8 Å². The monoisotopic (exact) mass is 304 g/mol. The third kappa shape index (κ3) is 2.63. The van der Waals surface area contributed by atoms with Gasteiger partial charge in [0.1, 0.15) is 5.76 Å². The molecule has 3 aromatic rings. The number of aromatic nitrogens is 2. The Kier molecular flexibility index (Phi) is 3.40. The van der Waals surface area contributed by atoms with Crippen molar-refractivity contribution < 1.29 is 9.32 Å². The van der Waals surface area contributed by atoms with Crippen LogP contribution in [0.25, 0.3) is 10.9 Å². The molecule has 2 heterocycles. The zero-order valence-electron chi connectivity index (χ0n) is 11.0. The number of fused-ring (bicyclic) bond motifs is 1. The Hall–Kier alpha value is -2.31. The van der Waals surface area contributed by atoms with Gasteiger partial charge >= 0.3 is 0 Å². The van der Waals surface area contributed by atoms with E-state index in [0.29, 0.717) is 17.2 Å². The van der Waals surface area contributed by atoms with E-state index in [2.05, 4.69) is 10.1 Å². The Morgan fingerprint density at radius 3 is 2.95 bits per heavy atom. The lowest BCUT2D eigenvalue weighted by atomic mass is 10.0. The Morgan fingerprint density at radius 1 is 1.43 bits per heavy atom. The number of rotatable bonds is 4. The van der Waals surface area contributed by atoms with Gasteiger partial charge < -0.3 is 21.0 Å². The quantitative estimate of drug-likeness (QED) is 0.685. The van der Waals surface area contributed by atoms with E-state index >= 15 is 0 Å². The van der Waals surface area contributed by atoms with Crippen LogP contribution in [0.3, 0.4) is 0 Å². The summed E-state index contributed by atoms with van der Waals surface area (Å²) in [5.74, 6) is -0.120. The van der Waals surface area contributed by atoms with E-state index in [1.54, 1.807) is 0 Å². The highest BCUT2D eigenvalue weighted by Gasteiger charge is 2.16. The number of H-pyrrole nitrogens is 1. The summed E-state index contributed by atoms with van der Waals surface area (Å²) < 4.78 is 5.06. The van der Waals surface area contributed by atoms with Crippen LogP contribution in [0.4, 0.5) is 0 Å². The fraction of sp³-hybridized carbons (Fsp3) is 0.143. The van der Waals surface area contributed by atoms with Crippen LogP contribution >= 0.6 is 11.6 Å². The van der Waals surface area contributed by atoms with Crippen molar-refractivity contribution in [3.05, 3.63) is 52.5 Å². The summed E-state index contributed by atoms with van der Waals surface area (Å²) in [5.41, 5.74) is 13.3. The molecule has 0 spiro atoms. The molecule has 6 nitrogen and oxygen atoms in total. The second-order valence-corrected chi connectivity index (χ2v) is 5.22. The molecule has 0 radical (unpaired) electrons. The minimum atomic E-state index is -0.627. The molecule has 21 heavy (non-hydrogen) atoms. The van der Waals surface area contributed by atoms with E-state index < -0.39 is 5.91 Å². The van der Waals surface area contributed by atoms with Gasteiger partial charge in [0, 0.05) is 40.7 Å². The molecule has 5 N–H and O–H groups in total. The number of benzene rings is 1. The second kappa shape index (κ2) is 5.23. The smallest absolute Gasteiger partial charge is 0.270 e. The summed E-state index contributed by atoms with van der Waals surface area (Å²) in [6.45, 7) is 0. The maximum atomic E-state index is 11.0. The number of nitrogens with two attached hydrogens (primary N) is 2. The van der Waals surface area contributed by atoms with E-state index in [9.17, 15) is 4.79 Å². The maximum absolute atomic E-state index is 11.0. The topological polar surface area (TPSA) is 111 Å². The number of hydrogen-bond donors (Lipinski definition) is 3. The third-order valence-corrected chi connectivity index (χ3v) is 3.54. The number of amides is 1. The summed E-state index contributed by atoms with van der Waals surface area (Å²) in [6, 6.07) is 6.76. The molecule has 108 valence electrons. The van der Waals surface area contributed by atoms with Crippen molar-refractivity contribution >= 4 is 28.4 Å². The van der Waals surface area contributed by atoms with Crippen LogP contribution in [0, 0.1) is 0 Å². The highest BCUT2D eigenvalue weighted by molar-refractivity contribution is 6.31. The van der Waals surface area contributed by atoms with Crippen molar-refractivity contribution in [2.75, 3.05) is 0 Å². The molecule has 0 bridgehead atoms. The van der Waals surface area contributed by atoms with Crippen LogP contribution in [-0.2, 0) is 6.42 Å².